The molecular formula is C25H25N3O6S. The van der Waals surface area contributed by atoms with Crippen LogP contribution >= 0.6 is 0 Å². The number of aryl methyl sites for hydroxylation is 1. The molecule has 10 heteroatoms. The van der Waals surface area contributed by atoms with E-state index in [1.165, 1.54) is 55.5 Å². The van der Waals surface area contributed by atoms with Gasteiger partial charge in [-0.3, -0.25) is 14.3 Å². The number of nitrogens with two attached hydrogens (primary N) is 1. The van der Waals surface area contributed by atoms with E-state index in [1.54, 1.807) is 12.1 Å². The van der Waals surface area contributed by atoms with Gasteiger partial charge >= 0.3 is 5.97 Å². The van der Waals surface area contributed by atoms with E-state index in [-0.39, 0.29) is 16.0 Å². The summed E-state index contributed by atoms with van der Waals surface area (Å²) in [5, 5.41) is 2.57. The molecule has 0 spiro atoms. The van der Waals surface area contributed by atoms with Crippen LogP contribution in [-0.2, 0) is 19.6 Å². The Kier molecular flexibility index (Phi) is 7.55. The van der Waals surface area contributed by atoms with Crippen molar-refractivity contribution in [2.75, 3.05) is 10.0 Å². The summed E-state index contributed by atoms with van der Waals surface area (Å²) in [7, 11) is -3.87. The van der Waals surface area contributed by atoms with Gasteiger partial charge in [-0.05, 0) is 86.5 Å². The Hall–Kier alpha value is -4.18. The van der Waals surface area contributed by atoms with Crippen molar-refractivity contribution in [2.45, 2.75) is 31.8 Å². The highest BCUT2D eigenvalue weighted by Crippen LogP contribution is 2.22. The predicted octanol–water partition coefficient (Wildman–Crippen LogP) is 3.39. The SMILES string of the molecule is Cc1cccc(NS(=O)(=O)c2ccc(C(=O)OC(C)C(=O)Nc3ccc(C(N)=O)cc3)cc2)c1C. The van der Waals surface area contributed by atoms with Crippen LogP contribution in [0.2, 0.25) is 0 Å². The van der Waals surface area contributed by atoms with Crippen LogP contribution in [0.4, 0.5) is 11.4 Å². The minimum absolute atomic E-state index is 0.0276. The molecule has 3 aromatic carbocycles. The zero-order valence-corrected chi connectivity index (χ0v) is 20.2. The van der Waals surface area contributed by atoms with E-state index in [2.05, 4.69) is 10.0 Å². The average molecular weight is 496 g/mol. The summed E-state index contributed by atoms with van der Waals surface area (Å²) in [6, 6.07) is 16.4. The molecule has 0 aliphatic heterocycles. The molecular weight excluding hydrogens is 470 g/mol. The van der Waals surface area contributed by atoms with Crippen LogP contribution in [0.25, 0.3) is 0 Å². The van der Waals surface area contributed by atoms with E-state index in [0.29, 0.717) is 11.4 Å². The summed E-state index contributed by atoms with van der Waals surface area (Å²) in [4.78, 5) is 35.9. The van der Waals surface area contributed by atoms with E-state index < -0.39 is 33.9 Å². The Morgan fingerprint density at radius 3 is 2.09 bits per heavy atom. The molecule has 1 unspecified atom stereocenters. The number of sulfonamides is 1. The molecule has 35 heavy (non-hydrogen) atoms. The maximum absolute atomic E-state index is 12.7. The summed E-state index contributed by atoms with van der Waals surface area (Å²) < 4.78 is 33.2. The van der Waals surface area contributed by atoms with Crippen molar-refractivity contribution >= 4 is 39.2 Å². The molecule has 0 fully saturated rings. The number of ether oxygens (including phenoxy) is 1. The number of rotatable bonds is 8. The van der Waals surface area contributed by atoms with Gasteiger partial charge in [0.05, 0.1) is 16.1 Å². The predicted molar refractivity (Wildman–Crippen MR) is 132 cm³/mol. The number of carbonyl (C=O) groups excluding carboxylic acids is 3. The smallest absolute Gasteiger partial charge is 0.338 e. The molecule has 0 radical (unpaired) electrons. The lowest BCUT2D eigenvalue weighted by atomic mass is 10.1. The monoisotopic (exact) mass is 495 g/mol. The third-order valence-corrected chi connectivity index (χ3v) is 6.72. The molecule has 2 amide bonds. The van der Waals surface area contributed by atoms with Gasteiger partial charge in [0.25, 0.3) is 15.9 Å². The fourth-order valence-electron chi connectivity index (χ4n) is 3.08. The summed E-state index contributed by atoms with van der Waals surface area (Å²) in [6.07, 6.45) is -1.13. The molecule has 1 atom stereocenters. The van der Waals surface area contributed by atoms with E-state index in [9.17, 15) is 22.8 Å². The molecule has 3 rings (SSSR count). The van der Waals surface area contributed by atoms with Crippen LogP contribution in [0.15, 0.2) is 71.6 Å². The molecule has 0 saturated carbocycles. The van der Waals surface area contributed by atoms with Gasteiger partial charge in [-0.15, -0.1) is 0 Å². The highest BCUT2D eigenvalue weighted by atomic mass is 32.2. The van der Waals surface area contributed by atoms with Crippen LogP contribution in [-0.4, -0.2) is 32.3 Å². The molecule has 0 bridgehead atoms. The molecule has 3 aromatic rings. The number of benzene rings is 3. The summed E-state index contributed by atoms with van der Waals surface area (Å²) in [6.45, 7) is 5.10. The molecule has 0 heterocycles. The van der Waals surface area contributed by atoms with Gasteiger partial charge < -0.3 is 15.8 Å². The highest BCUT2D eigenvalue weighted by molar-refractivity contribution is 7.92. The van der Waals surface area contributed by atoms with E-state index >= 15 is 0 Å². The zero-order valence-electron chi connectivity index (χ0n) is 19.4. The number of nitrogens with one attached hydrogen (secondary N) is 2. The first-order valence-electron chi connectivity index (χ1n) is 10.6. The first kappa shape index (κ1) is 25.4. The van der Waals surface area contributed by atoms with Gasteiger partial charge in [-0.25, -0.2) is 13.2 Å². The van der Waals surface area contributed by atoms with Crippen molar-refractivity contribution < 1.29 is 27.5 Å². The maximum atomic E-state index is 12.7. The van der Waals surface area contributed by atoms with Crippen LogP contribution in [0, 0.1) is 13.8 Å². The van der Waals surface area contributed by atoms with Gasteiger partial charge in [-0.2, -0.15) is 0 Å². The Morgan fingerprint density at radius 2 is 1.49 bits per heavy atom. The number of primary amides is 1. The summed E-state index contributed by atoms with van der Waals surface area (Å²) in [5.74, 6) is -1.96. The molecule has 0 aliphatic rings. The molecule has 4 N–H and O–H groups in total. The average Bonchev–Trinajstić information content (AvgIpc) is 2.82. The number of hydrogen-bond acceptors (Lipinski definition) is 6. The minimum atomic E-state index is -3.87. The lowest BCUT2D eigenvalue weighted by molar-refractivity contribution is -0.123. The van der Waals surface area contributed by atoms with E-state index in [0.717, 1.165) is 11.1 Å². The molecule has 0 aliphatic carbocycles. The second kappa shape index (κ2) is 10.4. The fourth-order valence-corrected chi connectivity index (χ4v) is 4.20. The normalized spacial score (nSPS) is 11.9. The Morgan fingerprint density at radius 1 is 0.886 bits per heavy atom. The van der Waals surface area contributed by atoms with Crippen molar-refractivity contribution in [1.82, 2.24) is 0 Å². The first-order valence-corrected chi connectivity index (χ1v) is 12.1. The van der Waals surface area contributed by atoms with Crippen molar-refractivity contribution in [2.24, 2.45) is 5.73 Å². The quantitative estimate of drug-likeness (QED) is 0.409. The topological polar surface area (TPSA) is 145 Å². The first-order chi connectivity index (χ1) is 16.5. The van der Waals surface area contributed by atoms with Crippen LogP contribution in [0.3, 0.4) is 0 Å². The third kappa shape index (κ3) is 6.24. The standard InChI is InChI=1S/C25H25N3O6S/c1-15-5-4-6-22(16(15)2)28-35(32,33)21-13-9-19(10-14-21)25(31)34-17(3)24(30)27-20-11-7-18(8-12-20)23(26)29/h4-14,17,28H,1-3H3,(H2,26,29)(H,27,30). The number of esters is 1. The molecule has 9 nitrogen and oxygen atoms in total. The minimum Gasteiger partial charge on any atom is -0.449 e. The number of anilines is 2. The van der Waals surface area contributed by atoms with Crippen LogP contribution in [0.5, 0.6) is 0 Å². The Bertz CT molecular complexity index is 1370. The molecule has 0 aromatic heterocycles. The summed E-state index contributed by atoms with van der Waals surface area (Å²) >= 11 is 0. The Balaban J connectivity index is 1.63. The van der Waals surface area contributed by atoms with Crippen LogP contribution < -0.4 is 15.8 Å². The molecule has 182 valence electrons. The lowest BCUT2D eigenvalue weighted by Gasteiger charge is -2.14. The zero-order chi connectivity index (χ0) is 25.8. The van der Waals surface area contributed by atoms with Gasteiger partial charge in [-0.1, -0.05) is 12.1 Å². The van der Waals surface area contributed by atoms with E-state index in [1.807, 2.05) is 19.9 Å². The van der Waals surface area contributed by atoms with Crippen molar-refractivity contribution in [3.8, 4) is 0 Å². The van der Waals surface area contributed by atoms with Gasteiger partial charge in [0.1, 0.15) is 0 Å². The second-order valence-electron chi connectivity index (χ2n) is 7.86. The molecule has 0 saturated heterocycles. The highest BCUT2D eigenvalue weighted by Gasteiger charge is 2.21. The van der Waals surface area contributed by atoms with Gasteiger partial charge in [0.15, 0.2) is 6.10 Å². The fraction of sp³-hybridized carbons (Fsp3) is 0.160. The number of amides is 2. The van der Waals surface area contributed by atoms with Crippen molar-refractivity contribution in [3.05, 3.63) is 89.0 Å². The lowest BCUT2D eigenvalue weighted by Crippen LogP contribution is -2.30. The second-order valence-corrected chi connectivity index (χ2v) is 9.54. The maximum Gasteiger partial charge on any atom is 0.338 e. The van der Waals surface area contributed by atoms with Gasteiger partial charge in [0.2, 0.25) is 5.91 Å². The van der Waals surface area contributed by atoms with Gasteiger partial charge in [0, 0.05) is 11.3 Å². The Labute approximate surface area is 203 Å². The third-order valence-electron chi connectivity index (χ3n) is 5.34. The summed E-state index contributed by atoms with van der Waals surface area (Å²) in [5.41, 5.74) is 8.18. The number of carbonyl (C=O) groups is 3. The number of hydrogen-bond donors (Lipinski definition) is 3. The van der Waals surface area contributed by atoms with Crippen molar-refractivity contribution in [3.63, 3.8) is 0 Å². The van der Waals surface area contributed by atoms with E-state index in [4.69, 9.17) is 10.5 Å². The van der Waals surface area contributed by atoms with Crippen LogP contribution in [0.1, 0.15) is 38.8 Å². The largest absolute Gasteiger partial charge is 0.449 e. The van der Waals surface area contributed by atoms with Crippen molar-refractivity contribution in [1.29, 1.82) is 0 Å².